The predicted molar refractivity (Wildman–Crippen MR) is 110 cm³/mol. The zero-order valence-corrected chi connectivity index (χ0v) is 19.5. The maximum absolute atomic E-state index is 11.4. The van der Waals surface area contributed by atoms with E-state index in [1.54, 1.807) is 6.92 Å². The predicted octanol–water partition coefficient (Wildman–Crippen LogP) is 3.65. The van der Waals surface area contributed by atoms with E-state index in [1.807, 2.05) is 13.8 Å². The zero-order valence-electron chi connectivity index (χ0n) is 19.5. The minimum atomic E-state index is -1.45. The van der Waals surface area contributed by atoms with Crippen LogP contribution < -0.4 is 0 Å². The van der Waals surface area contributed by atoms with Crippen molar-refractivity contribution < 1.29 is 34.0 Å². The van der Waals surface area contributed by atoms with Crippen LogP contribution >= 0.6 is 0 Å². The number of carbonyl (C=O) groups is 1. The van der Waals surface area contributed by atoms with Crippen LogP contribution in [0, 0.1) is 5.92 Å². The van der Waals surface area contributed by atoms with Gasteiger partial charge in [0.1, 0.15) is 0 Å². The fraction of sp³-hybridized carbons (Fsp3) is 0.952. The first-order chi connectivity index (χ1) is 13.1. The summed E-state index contributed by atoms with van der Waals surface area (Å²) in [6.07, 6.45) is 6.69. The molecular formula is C21H44O7. The second-order valence-electron chi connectivity index (χ2n) is 7.17. The first-order valence-electron chi connectivity index (χ1n) is 10.2. The van der Waals surface area contributed by atoms with Gasteiger partial charge in [0.05, 0.1) is 7.11 Å². The lowest BCUT2D eigenvalue weighted by atomic mass is 9.76. The molecule has 28 heavy (non-hydrogen) atoms. The number of rotatable bonds is 8. The second kappa shape index (κ2) is 14.3. The van der Waals surface area contributed by atoms with Crippen molar-refractivity contribution in [2.75, 3.05) is 28.4 Å². The average Bonchev–Trinajstić information content (AvgIpc) is 2.72. The quantitative estimate of drug-likeness (QED) is 0.467. The molecule has 1 fully saturated rings. The number of esters is 1. The molecule has 2 N–H and O–H groups in total. The van der Waals surface area contributed by atoms with Gasteiger partial charge in [-0.3, -0.25) is 0 Å². The van der Waals surface area contributed by atoms with E-state index in [4.69, 9.17) is 14.2 Å². The van der Waals surface area contributed by atoms with Crippen LogP contribution in [0.15, 0.2) is 0 Å². The van der Waals surface area contributed by atoms with Crippen LogP contribution in [0.2, 0.25) is 0 Å². The first-order valence-corrected chi connectivity index (χ1v) is 10.2. The summed E-state index contributed by atoms with van der Waals surface area (Å²) in [7, 11) is 5.61. The van der Waals surface area contributed by atoms with E-state index in [0.717, 1.165) is 19.3 Å². The molecular weight excluding hydrogens is 364 g/mol. The molecule has 3 atom stereocenters. The standard InChI is InChI=1S/C12H22O3.C7H16O4.C2H6/c1-3-4-6-10-7-5-8-12(14,9-10)11(13)15-2;1-6(8,9-3)7(2,10-4)11-5;1-2/h10,14H,3-9H2,1-2H3;8H,1-5H3;1-2H3/t10-,12+;;/m0../s1. The third-order valence-electron chi connectivity index (χ3n) is 5.38. The summed E-state index contributed by atoms with van der Waals surface area (Å²) in [6, 6.07) is 0. The van der Waals surface area contributed by atoms with E-state index in [2.05, 4.69) is 11.7 Å². The Morgan fingerprint density at radius 2 is 1.64 bits per heavy atom. The van der Waals surface area contributed by atoms with Crippen LogP contribution in [-0.4, -0.2) is 61.8 Å². The van der Waals surface area contributed by atoms with Crippen molar-refractivity contribution in [1.82, 2.24) is 0 Å². The van der Waals surface area contributed by atoms with Crippen LogP contribution in [-0.2, 0) is 23.7 Å². The van der Waals surface area contributed by atoms with Gasteiger partial charge in [-0.25, -0.2) is 4.79 Å². The van der Waals surface area contributed by atoms with Gasteiger partial charge in [0.15, 0.2) is 5.60 Å². The molecule has 1 saturated carbocycles. The van der Waals surface area contributed by atoms with Gasteiger partial charge in [-0.05, 0) is 39.0 Å². The molecule has 1 aliphatic carbocycles. The van der Waals surface area contributed by atoms with Crippen molar-refractivity contribution >= 4 is 5.97 Å². The topological polar surface area (TPSA) is 94.5 Å². The molecule has 0 heterocycles. The van der Waals surface area contributed by atoms with Crippen LogP contribution in [0.3, 0.4) is 0 Å². The van der Waals surface area contributed by atoms with Gasteiger partial charge in [0.25, 0.3) is 0 Å². The third kappa shape index (κ3) is 8.74. The van der Waals surface area contributed by atoms with Gasteiger partial charge in [-0.2, -0.15) is 0 Å². The van der Waals surface area contributed by atoms with Crippen LogP contribution in [0.1, 0.15) is 79.6 Å². The van der Waals surface area contributed by atoms with Crippen molar-refractivity contribution in [3.63, 3.8) is 0 Å². The molecule has 0 aromatic heterocycles. The van der Waals surface area contributed by atoms with Crippen LogP contribution in [0.5, 0.6) is 0 Å². The lowest BCUT2D eigenvalue weighted by Crippen LogP contribution is -2.54. The molecule has 1 rings (SSSR count). The number of carbonyl (C=O) groups excluding carboxylic acids is 1. The molecule has 7 nitrogen and oxygen atoms in total. The number of aliphatic hydroxyl groups is 2. The first kappa shape index (κ1) is 29.5. The Labute approximate surface area is 171 Å². The summed E-state index contributed by atoms with van der Waals surface area (Å²) in [5.74, 6) is -2.55. The third-order valence-corrected chi connectivity index (χ3v) is 5.38. The Balaban J connectivity index is 0. The normalized spacial score (nSPS) is 24.0. The SMILES string of the molecule is CC.CCCC[C@H]1CCC[C@](O)(C(=O)OC)C1.COC(C)(O)C(C)(OC)OC. The molecule has 7 heteroatoms. The molecule has 0 aromatic rings. The fourth-order valence-electron chi connectivity index (χ4n) is 3.13. The van der Waals surface area contributed by atoms with Crippen molar-refractivity contribution in [3.8, 4) is 0 Å². The Bertz CT molecular complexity index is 408. The van der Waals surface area contributed by atoms with Gasteiger partial charge in [0.2, 0.25) is 11.6 Å². The minimum absolute atomic E-state index is 0.455. The lowest BCUT2D eigenvalue weighted by molar-refractivity contribution is -0.364. The molecule has 1 aliphatic rings. The molecule has 0 amide bonds. The van der Waals surface area contributed by atoms with Gasteiger partial charge in [0, 0.05) is 21.3 Å². The van der Waals surface area contributed by atoms with Crippen molar-refractivity contribution in [2.45, 2.75) is 96.7 Å². The number of methoxy groups -OCH3 is 4. The molecule has 0 radical (unpaired) electrons. The highest BCUT2D eigenvalue weighted by Gasteiger charge is 2.45. The summed E-state index contributed by atoms with van der Waals surface area (Å²) < 4.78 is 19.3. The average molecular weight is 409 g/mol. The Morgan fingerprint density at radius 3 is 2.00 bits per heavy atom. The highest BCUT2D eigenvalue weighted by atomic mass is 16.7. The summed E-state index contributed by atoms with van der Waals surface area (Å²) in [6.45, 7) is 9.23. The molecule has 170 valence electrons. The fourth-order valence-corrected chi connectivity index (χ4v) is 3.13. The number of ether oxygens (including phenoxy) is 4. The summed E-state index contributed by atoms with van der Waals surface area (Å²) in [4.78, 5) is 11.4. The van der Waals surface area contributed by atoms with E-state index in [1.165, 1.54) is 48.2 Å². The minimum Gasteiger partial charge on any atom is -0.467 e. The molecule has 0 aliphatic heterocycles. The van der Waals surface area contributed by atoms with Gasteiger partial charge < -0.3 is 29.2 Å². The maximum atomic E-state index is 11.4. The zero-order chi connectivity index (χ0) is 22.4. The van der Waals surface area contributed by atoms with E-state index < -0.39 is 23.1 Å². The largest absolute Gasteiger partial charge is 0.467 e. The van der Waals surface area contributed by atoms with Crippen molar-refractivity contribution in [1.29, 1.82) is 0 Å². The molecule has 0 bridgehead atoms. The van der Waals surface area contributed by atoms with E-state index >= 15 is 0 Å². The van der Waals surface area contributed by atoms with Crippen LogP contribution in [0.4, 0.5) is 0 Å². The number of unbranched alkanes of at least 4 members (excludes halogenated alkanes) is 1. The molecule has 1 unspecified atom stereocenters. The lowest BCUT2D eigenvalue weighted by Gasteiger charge is -2.38. The Kier molecular flexibility index (Phi) is 15.0. The Hall–Kier alpha value is -0.730. The van der Waals surface area contributed by atoms with Gasteiger partial charge >= 0.3 is 5.97 Å². The summed E-state index contributed by atoms with van der Waals surface area (Å²) in [5.41, 5.74) is -1.20. The highest BCUT2D eigenvalue weighted by molar-refractivity contribution is 5.79. The molecule has 0 aromatic carbocycles. The van der Waals surface area contributed by atoms with E-state index in [-0.39, 0.29) is 0 Å². The van der Waals surface area contributed by atoms with E-state index in [9.17, 15) is 15.0 Å². The van der Waals surface area contributed by atoms with E-state index in [0.29, 0.717) is 18.8 Å². The van der Waals surface area contributed by atoms with Crippen molar-refractivity contribution in [2.24, 2.45) is 5.92 Å². The smallest absolute Gasteiger partial charge is 0.337 e. The second-order valence-corrected chi connectivity index (χ2v) is 7.17. The summed E-state index contributed by atoms with van der Waals surface area (Å²) >= 11 is 0. The Morgan fingerprint density at radius 1 is 1.11 bits per heavy atom. The number of hydrogen-bond donors (Lipinski definition) is 2. The van der Waals surface area contributed by atoms with Gasteiger partial charge in [-0.15, -0.1) is 0 Å². The summed E-state index contributed by atoms with van der Waals surface area (Å²) in [5, 5.41) is 19.7. The molecule has 0 saturated heterocycles. The molecule has 0 spiro atoms. The monoisotopic (exact) mass is 408 g/mol. The highest BCUT2D eigenvalue weighted by Crippen LogP contribution is 2.35. The van der Waals surface area contributed by atoms with Crippen LogP contribution in [0.25, 0.3) is 0 Å². The maximum Gasteiger partial charge on any atom is 0.337 e. The van der Waals surface area contributed by atoms with Crippen molar-refractivity contribution in [3.05, 3.63) is 0 Å². The number of hydrogen-bond acceptors (Lipinski definition) is 7. The van der Waals surface area contributed by atoms with Gasteiger partial charge in [-0.1, -0.05) is 46.5 Å².